The van der Waals surface area contributed by atoms with Crippen LogP contribution in [0.25, 0.3) is 0 Å². The first-order chi connectivity index (χ1) is 21.9. The average Bonchev–Trinajstić information content (AvgIpc) is 2.98. The Morgan fingerprint density at radius 3 is 1.10 bits per heavy atom. The monoisotopic (exact) mass is 776 g/mol. The van der Waals surface area contributed by atoms with Crippen LogP contribution in [0.1, 0.15) is 5.56 Å². The van der Waals surface area contributed by atoms with Gasteiger partial charge >= 0.3 is 47.0 Å². The number of hydrogen-bond donors (Lipinski definition) is 0. The van der Waals surface area contributed by atoms with Gasteiger partial charge in [-0.2, -0.15) is 74.6 Å². The maximum Gasteiger partial charge on any atom is 0.460 e. The van der Waals surface area contributed by atoms with Crippen LogP contribution in [-0.2, 0) is 21.0 Å². The maximum atomic E-state index is 13.0. The van der Waals surface area contributed by atoms with Gasteiger partial charge in [0.05, 0.1) is 10.9 Å². The molecule has 0 aromatic heterocycles. The van der Waals surface area contributed by atoms with E-state index in [1.807, 2.05) is 0 Å². The summed E-state index contributed by atoms with van der Waals surface area (Å²) in [6.45, 7) is 2.20. The third-order valence-electron chi connectivity index (χ3n) is 6.28. The molecule has 0 amide bonds. The molecule has 0 atom stereocenters. The first-order valence-electron chi connectivity index (χ1n) is 12.4. The topological polar surface area (TPSA) is 57.2 Å². The minimum atomic E-state index is -8.92. The fraction of sp³-hybridized carbons (Fsp3) is 0.333. The average molecular weight is 777 g/mol. The highest BCUT2D eigenvalue weighted by Gasteiger charge is 2.95. The molecule has 0 N–H and O–H groups in total. The molecule has 0 fully saturated rings. The Kier molecular flexibility index (Phi) is 11.5. The Balaban J connectivity index is 0.000000360. The van der Waals surface area contributed by atoms with Crippen molar-refractivity contribution in [3.8, 4) is 0 Å². The Morgan fingerprint density at radius 1 is 0.469 bits per heavy atom. The van der Waals surface area contributed by atoms with Gasteiger partial charge in [-0.05, 0) is 37.3 Å². The van der Waals surface area contributed by atoms with Crippen LogP contribution in [0.15, 0.2) is 99.6 Å². The summed E-state index contributed by atoms with van der Waals surface area (Å²) in [6, 6.07) is 30.2. The van der Waals surface area contributed by atoms with E-state index in [9.17, 15) is 87.6 Å². The normalized spacial score (nSPS) is 14.4. The van der Waals surface area contributed by atoms with Crippen molar-refractivity contribution < 1.29 is 87.6 Å². The van der Waals surface area contributed by atoms with Crippen molar-refractivity contribution in [2.45, 2.75) is 68.6 Å². The van der Waals surface area contributed by atoms with E-state index in [0.717, 1.165) is 0 Å². The van der Waals surface area contributed by atoms with Crippen molar-refractivity contribution in [1.82, 2.24) is 0 Å². The summed E-state index contributed by atoms with van der Waals surface area (Å²) in [4.78, 5) is 4.14. The molecule has 0 bridgehead atoms. The minimum Gasteiger partial charge on any atom is -0.743 e. The molecule has 3 rings (SSSR count). The summed E-state index contributed by atoms with van der Waals surface area (Å²) in [5, 5.41) is -7.95. The summed E-state index contributed by atoms with van der Waals surface area (Å²) < 4.78 is 244. The zero-order chi connectivity index (χ0) is 38.3. The molecule has 0 heterocycles. The molecule has 3 aromatic carbocycles. The molecule has 3 nitrogen and oxygen atoms in total. The van der Waals surface area contributed by atoms with Crippen LogP contribution in [0.4, 0.5) is 74.6 Å². The largest absolute Gasteiger partial charge is 0.743 e. The third kappa shape index (κ3) is 7.04. The zero-order valence-electron chi connectivity index (χ0n) is 23.5. The van der Waals surface area contributed by atoms with Gasteiger partial charge in [0.15, 0.2) is 24.8 Å². The molecular weight excluding hydrogens is 759 g/mol. The Labute approximate surface area is 267 Å². The highest BCUT2D eigenvalue weighted by molar-refractivity contribution is 7.97. The van der Waals surface area contributed by atoms with Crippen molar-refractivity contribution in [1.29, 1.82) is 0 Å². The van der Waals surface area contributed by atoms with Crippen molar-refractivity contribution in [2.75, 3.05) is 0 Å². The van der Waals surface area contributed by atoms with Crippen LogP contribution < -0.4 is 0 Å². The van der Waals surface area contributed by atoms with Crippen LogP contribution in [0.3, 0.4) is 0 Å². The molecule has 274 valence electrons. The first kappa shape index (κ1) is 41.9. The van der Waals surface area contributed by atoms with Gasteiger partial charge in [0.2, 0.25) is 0 Å². The van der Waals surface area contributed by atoms with E-state index in [-0.39, 0.29) is 10.9 Å². The first-order valence-corrected chi connectivity index (χ1v) is 15.1. The summed E-state index contributed by atoms with van der Waals surface area (Å²) >= 11 is 0. The van der Waals surface area contributed by atoms with Gasteiger partial charge in [-0.25, -0.2) is 8.42 Å². The fourth-order valence-corrected chi connectivity index (χ4v) is 6.28. The number of rotatable bonds is 10. The van der Waals surface area contributed by atoms with E-state index in [2.05, 4.69) is 91.9 Å². The predicted molar refractivity (Wildman–Crippen MR) is 137 cm³/mol. The maximum absolute atomic E-state index is 13.0. The van der Waals surface area contributed by atoms with Crippen LogP contribution in [-0.4, -0.2) is 59.9 Å². The number of hydrogen-bond acceptors (Lipinski definition) is 3. The smallest absolute Gasteiger partial charge is 0.460 e. The molecule has 0 aliphatic heterocycles. The molecule has 22 heteroatoms. The van der Waals surface area contributed by atoms with Gasteiger partial charge in [-0.3, -0.25) is 0 Å². The second-order valence-electron chi connectivity index (χ2n) is 9.61. The number of benzene rings is 3. The second kappa shape index (κ2) is 13.5. The summed E-state index contributed by atoms with van der Waals surface area (Å²) in [7, 11) is -8.17. The summed E-state index contributed by atoms with van der Waals surface area (Å²) in [6.07, 6.45) is -7.89. The van der Waals surface area contributed by atoms with E-state index in [1.165, 1.54) is 20.2 Å². The Morgan fingerprint density at radius 2 is 0.776 bits per heavy atom. The van der Waals surface area contributed by atoms with E-state index in [0.29, 0.717) is 0 Å². The Bertz CT molecular complexity index is 1640. The molecule has 3 aromatic rings. The SMILES string of the molecule is Cc1ccccc1[S+](c1ccccc1)c1ccccc1.O=S(=O)([O-])C(F)(F)C(F)(F)C(F)(F)C(F)(F)C(F)(F)C(F)(F)C(F)(F)C(F)(F)F. The van der Waals surface area contributed by atoms with E-state index < -0.39 is 57.1 Å². The fourth-order valence-electron chi connectivity index (χ4n) is 3.60. The lowest BCUT2D eigenvalue weighted by molar-refractivity contribution is -0.458. The van der Waals surface area contributed by atoms with Gasteiger partial charge in [0.1, 0.15) is 0 Å². The van der Waals surface area contributed by atoms with Crippen LogP contribution in [0, 0.1) is 6.92 Å². The number of alkyl halides is 17. The van der Waals surface area contributed by atoms with Gasteiger partial charge in [0, 0.05) is 5.56 Å². The molecule has 0 saturated heterocycles. The summed E-state index contributed by atoms with van der Waals surface area (Å²) in [5.74, 6) is -52.1. The van der Waals surface area contributed by atoms with E-state index in [4.69, 9.17) is 0 Å². The van der Waals surface area contributed by atoms with Gasteiger partial charge < -0.3 is 4.55 Å². The lowest BCUT2D eigenvalue weighted by Gasteiger charge is -2.42. The standard InChI is InChI=1S/C19H17S.C8HF17O3S/c1-16-10-8-9-15-19(16)20(17-11-4-2-5-12-17)18-13-6-3-7-14-18;9-1(10,3(13,14)5(17,18)7(21,22)23)2(11,12)4(15,16)6(19,20)8(24,25)29(26,27)28/h2-15H,1H3;(H,26,27,28)/q+1;/p-1. The molecule has 0 radical (unpaired) electrons. The quantitative estimate of drug-likeness (QED) is 0.117. The predicted octanol–water partition coefficient (Wildman–Crippen LogP) is 9.59. The van der Waals surface area contributed by atoms with E-state index in [1.54, 1.807) is 0 Å². The molecule has 0 saturated carbocycles. The highest BCUT2D eigenvalue weighted by atomic mass is 32.2. The summed E-state index contributed by atoms with van der Waals surface area (Å²) in [5.41, 5.74) is 1.35. The van der Waals surface area contributed by atoms with Crippen molar-refractivity contribution >= 4 is 21.0 Å². The van der Waals surface area contributed by atoms with E-state index >= 15 is 0 Å². The van der Waals surface area contributed by atoms with Gasteiger partial charge in [-0.1, -0.05) is 54.6 Å². The lowest BCUT2D eigenvalue weighted by Crippen LogP contribution is -2.75. The van der Waals surface area contributed by atoms with Gasteiger partial charge in [0.25, 0.3) is 0 Å². The highest BCUT2D eigenvalue weighted by Crippen LogP contribution is 2.64. The van der Waals surface area contributed by atoms with Gasteiger partial charge in [-0.15, -0.1) is 0 Å². The van der Waals surface area contributed by atoms with Crippen LogP contribution in [0.5, 0.6) is 0 Å². The molecule has 49 heavy (non-hydrogen) atoms. The number of halogens is 17. The third-order valence-corrected chi connectivity index (χ3v) is 9.55. The van der Waals surface area contributed by atoms with Crippen molar-refractivity contribution in [3.05, 3.63) is 90.5 Å². The Hall–Kier alpha value is -3.27. The zero-order valence-corrected chi connectivity index (χ0v) is 25.2. The molecule has 0 spiro atoms. The second-order valence-corrected chi connectivity index (χ2v) is 13.0. The van der Waals surface area contributed by atoms with Crippen molar-refractivity contribution in [2.24, 2.45) is 0 Å². The molecule has 0 aliphatic carbocycles. The molecule has 0 unspecified atom stereocenters. The minimum absolute atomic E-state index is 0.0262. The van der Waals surface area contributed by atoms with Crippen molar-refractivity contribution in [3.63, 3.8) is 0 Å². The molecular formula is C27H17F17O3S2. The molecule has 0 aliphatic rings. The van der Waals surface area contributed by atoms with Crippen LogP contribution >= 0.6 is 0 Å². The lowest BCUT2D eigenvalue weighted by atomic mass is 9.91. The van der Waals surface area contributed by atoms with Crippen LogP contribution in [0.2, 0.25) is 0 Å². The number of aryl methyl sites for hydroxylation is 1.